The van der Waals surface area contributed by atoms with Gasteiger partial charge < -0.3 is 19.3 Å². The lowest BCUT2D eigenvalue weighted by Crippen LogP contribution is -2.19. The first-order valence-electron chi connectivity index (χ1n) is 6.98. The average Bonchev–Trinajstić information content (AvgIpc) is 3.02. The van der Waals surface area contributed by atoms with Crippen molar-refractivity contribution >= 4 is 0 Å². The molecule has 1 unspecified atom stereocenters. The van der Waals surface area contributed by atoms with Crippen molar-refractivity contribution in [2.75, 3.05) is 20.8 Å². The van der Waals surface area contributed by atoms with Gasteiger partial charge in [0.25, 0.3) is 0 Å². The molecule has 0 fully saturated rings. The second-order valence-electron chi connectivity index (χ2n) is 4.73. The summed E-state index contributed by atoms with van der Waals surface area (Å²) in [6, 6.07) is 5.53. The molecule has 6 heteroatoms. The SMILES string of the molecule is CCCNC(C)c1nc(-c2cc(OC)cc(OC)c2)no1. The van der Waals surface area contributed by atoms with Gasteiger partial charge in [-0.1, -0.05) is 12.1 Å². The fraction of sp³-hybridized carbons (Fsp3) is 0.467. The van der Waals surface area contributed by atoms with E-state index in [4.69, 9.17) is 14.0 Å². The summed E-state index contributed by atoms with van der Waals surface area (Å²) in [6.45, 7) is 5.02. The molecule has 21 heavy (non-hydrogen) atoms. The molecule has 0 aliphatic heterocycles. The van der Waals surface area contributed by atoms with Gasteiger partial charge in [-0.25, -0.2) is 0 Å². The summed E-state index contributed by atoms with van der Waals surface area (Å²) in [7, 11) is 3.22. The lowest BCUT2D eigenvalue weighted by Gasteiger charge is -2.07. The summed E-state index contributed by atoms with van der Waals surface area (Å²) in [4.78, 5) is 4.43. The Morgan fingerprint density at radius 2 is 1.86 bits per heavy atom. The van der Waals surface area contributed by atoms with Crippen LogP contribution in [0.1, 0.15) is 32.2 Å². The topological polar surface area (TPSA) is 69.4 Å². The molecular weight excluding hydrogens is 270 g/mol. The van der Waals surface area contributed by atoms with E-state index in [0.717, 1.165) is 18.5 Å². The Morgan fingerprint density at radius 3 is 2.43 bits per heavy atom. The Kier molecular flexibility index (Phi) is 5.16. The minimum absolute atomic E-state index is 0.0266. The molecule has 1 heterocycles. The van der Waals surface area contributed by atoms with Crippen LogP contribution in [0, 0.1) is 0 Å². The molecule has 0 saturated heterocycles. The zero-order valence-electron chi connectivity index (χ0n) is 12.8. The summed E-state index contributed by atoms with van der Waals surface area (Å²) >= 11 is 0. The lowest BCUT2D eigenvalue weighted by molar-refractivity contribution is 0.340. The van der Waals surface area contributed by atoms with Crippen molar-refractivity contribution in [3.8, 4) is 22.9 Å². The van der Waals surface area contributed by atoms with Gasteiger partial charge in [0.2, 0.25) is 11.7 Å². The Bertz CT molecular complexity index is 561. The van der Waals surface area contributed by atoms with E-state index >= 15 is 0 Å². The fourth-order valence-electron chi connectivity index (χ4n) is 1.91. The number of methoxy groups -OCH3 is 2. The Balaban J connectivity index is 2.24. The van der Waals surface area contributed by atoms with Gasteiger partial charge in [0, 0.05) is 11.6 Å². The van der Waals surface area contributed by atoms with Crippen LogP contribution in [0.5, 0.6) is 11.5 Å². The van der Waals surface area contributed by atoms with Crippen LogP contribution < -0.4 is 14.8 Å². The zero-order valence-corrected chi connectivity index (χ0v) is 12.8. The van der Waals surface area contributed by atoms with E-state index in [1.807, 2.05) is 19.1 Å². The standard InChI is InChI=1S/C15H21N3O3/c1-5-6-16-10(2)15-17-14(18-21-15)11-7-12(19-3)9-13(8-11)20-4/h7-10,16H,5-6H2,1-4H3. The zero-order chi connectivity index (χ0) is 15.2. The maximum absolute atomic E-state index is 5.32. The molecule has 2 aromatic rings. The molecule has 1 atom stereocenters. The molecule has 0 saturated carbocycles. The minimum atomic E-state index is 0.0266. The molecule has 0 radical (unpaired) electrons. The predicted octanol–water partition coefficient (Wildman–Crippen LogP) is 2.81. The van der Waals surface area contributed by atoms with Gasteiger partial charge in [0.1, 0.15) is 11.5 Å². The number of ether oxygens (including phenoxy) is 2. The lowest BCUT2D eigenvalue weighted by atomic mass is 10.2. The maximum Gasteiger partial charge on any atom is 0.243 e. The van der Waals surface area contributed by atoms with Crippen molar-refractivity contribution < 1.29 is 14.0 Å². The number of nitrogens with zero attached hydrogens (tertiary/aromatic N) is 2. The second kappa shape index (κ2) is 7.08. The average molecular weight is 291 g/mol. The monoisotopic (exact) mass is 291 g/mol. The first-order chi connectivity index (χ1) is 10.2. The summed E-state index contributed by atoms with van der Waals surface area (Å²) in [5.74, 6) is 2.47. The first kappa shape index (κ1) is 15.3. The summed E-state index contributed by atoms with van der Waals surface area (Å²) in [5.41, 5.74) is 0.795. The highest BCUT2D eigenvalue weighted by Crippen LogP contribution is 2.28. The van der Waals surface area contributed by atoms with Crippen molar-refractivity contribution in [1.29, 1.82) is 0 Å². The van der Waals surface area contributed by atoms with Crippen LogP contribution in [-0.4, -0.2) is 30.9 Å². The molecule has 0 aliphatic carbocycles. The number of hydrogen-bond donors (Lipinski definition) is 1. The van der Waals surface area contributed by atoms with Crippen LogP contribution in [0.25, 0.3) is 11.4 Å². The van der Waals surface area contributed by atoms with Gasteiger partial charge in [-0.05, 0) is 32.0 Å². The van der Waals surface area contributed by atoms with Crippen molar-refractivity contribution in [3.63, 3.8) is 0 Å². The van der Waals surface area contributed by atoms with Crippen molar-refractivity contribution in [3.05, 3.63) is 24.1 Å². The molecule has 2 rings (SSSR count). The fourth-order valence-corrected chi connectivity index (χ4v) is 1.91. The van der Waals surface area contributed by atoms with Gasteiger partial charge in [-0.3, -0.25) is 0 Å². The predicted molar refractivity (Wildman–Crippen MR) is 79.5 cm³/mol. The van der Waals surface area contributed by atoms with Crippen LogP contribution in [0.3, 0.4) is 0 Å². The third-order valence-corrected chi connectivity index (χ3v) is 3.12. The number of nitrogens with one attached hydrogen (secondary N) is 1. The van der Waals surface area contributed by atoms with E-state index in [2.05, 4.69) is 22.4 Å². The molecule has 0 bridgehead atoms. The number of benzene rings is 1. The molecular formula is C15H21N3O3. The Morgan fingerprint density at radius 1 is 1.19 bits per heavy atom. The Hall–Kier alpha value is -2.08. The van der Waals surface area contributed by atoms with Crippen molar-refractivity contribution in [1.82, 2.24) is 15.5 Å². The largest absolute Gasteiger partial charge is 0.497 e. The van der Waals surface area contributed by atoms with E-state index in [1.165, 1.54) is 0 Å². The maximum atomic E-state index is 5.32. The van der Waals surface area contributed by atoms with E-state index in [-0.39, 0.29) is 6.04 Å². The third-order valence-electron chi connectivity index (χ3n) is 3.12. The molecule has 0 aliphatic rings. The van der Waals surface area contributed by atoms with Crippen LogP contribution in [0.2, 0.25) is 0 Å². The number of rotatable bonds is 7. The van der Waals surface area contributed by atoms with Crippen molar-refractivity contribution in [2.45, 2.75) is 26.3 Å². The van der Waals surface area contributed by atoms with E-state index in [0.29, 0.717) is 23.2 Å². The summed E-state index contributed by atoms with van der Waals surface area (Å²) in [6.07, 6.45) is 1.05. The number of hydrogen-bond acceptors (Lipinski definition) is 6. The summed E-state index contributed by atoms with van der Waals surface area (Å²) in [5, 5.41) is 7.34. The molecule has 0 spiro atoms. The second-order valence-corrected chi connectivity index (χ2v) is 4.73. The molecule has 1 N–H and O–H groups in total. The van der Waals surface area contributed by atoms with Crippen LogP contribution in [-0.2, 0) is 0 Å². The van der Waals surface area contributed by atoms with E-state index in [1.54, 1.807) is 20.3 Å². The van der Waals surface area contributed by atoms with Gasteiger partial charge in [0.15, 0.2) is 0 Å². The van der Waals surface area contributed by atoms with Gasteiger partial charge in [-0.2, -0.15) is 4.98 Å². The smallest absolute Gasteiger partial charge is 0.243 e. The molecule has 1 aromatic carbocycles. The molecule has 114 valence electrons. The molecule has 1 aromatic heterocycles. The Labute approximate surface area is 124 Å². The highest BCUT2D eigenvalue weighted by molar-refractivity contribution is 5.60. The van der Waals surface area contributed by atoms with Crippen LogP contribution in [0.4, 0.5) is 0 Å². The molecule has 6 nitrogen and oxygen atoms in total. The molecule has 0 amide bonds. The summed E-state index contributed by atoms with van der Waals surface area (Å²) < 4.78 is 15.8. The van der Waals surface area contributed by atoms with E-state index < -0.39 is 0 Å². The first-order valence-corrected chi connectivity index (χ1v) is 6.98. The van der Waals surface area contributed by atoms with E-state index in [9.17, 15) is 0 Å². The highest BCUT2D eigenvalue weighted by Gasteiger charge is 2.15. The highest BCUT2D eigenvalue weighted by atomic mass is 16.5. The van der Waals surface area contributed by atoms with Crippen molar-refractivity contribution in [2.24, 2.45) is 0 Å². The third kappa shape index (κ3) is 3.72. The number of aromatic nitrogens is 2. The van der Waals surface area contributed by atoms with Crippen LogP contribution >= 0.6 is 0 Å². The van der Waals surface area contributed by atoms with Crippen LogP contribution in [0.15, 0.2) is 22.7 Å². The van der Waals surface area contributed by atoms with Gasteiger partial charge in [-0.15, -0.1) is 0 Å². The van der Waals surface area contributed by atoms with Gasteiger partial charge in [0.05, 0.1) is 20.3 Å². The normalized spacial score (nSPS) is 12.2. The minimum Gasteiger partial charge on any atom is -0.497 e. The van der Waals surface area contributed by atoms with Gasteiger partial charge >= 0.3 is 0 Å². The quantitative estimate of drug-likeness (QED) is 0.846.